The van der Waals surface area contributed by atoms with Crippen LogP contribution in [-0.4, -0.2) is 30.3 Å². The van der Waals surface area contributed by atoms with E-state index >= 15 is 0 Å². The smallest absolute Gasteiger partial charge is 0.422 e. The number of carbonyl (C=O) groups excluding carboxylic acids is 1. The Bertz CT molecular complexity index is 866. The third-order valence-corrected chi connectivity index (χ3v) is 3.82. The normalized spacial score (nSPS) is 12.9. The van der Waals surface area contributed by atoms with E-state index in [1.165, 1.54) is 19.1 Å². The summed E-state index contributed by atoms with van der Waals surface area (Å²) in [5, 5.41) is 2.58. The molecule has 2 rings (SSSR count). The van der Waals surface area contributed by atoms with Gasteiger partial charge in [0.1, 0.15) is 11.5 Å². The molecule has 0 bridgehead atoms. The van der Waals surface area contributed by atoms with Crippen LogP contribution in [0.3, 0.4) is 0 Å². The van der Waals surface area contributed by atoms with Gasteiger partial charge in [-0.15, -0.1) is 0 Å². The van der Waals surface area contributed by atoms with Gasteiger partial charge >= 0.3 is 12.4 Å². The van der Waals surface area contributed by atoms with Crippen molar-refractivity contribution in [2.45, 2.75) is 32.2 Å². The van der Waals surface area contributed by atoms with Crippen LogP contribution in [0.15, 0.2) is 36.4 Å². The van der Waals surface area contributed by atoms with Crippen LogP contribution >= 0.6 is 0 Å². The Balaban J connectivity index is 1.88. The van der Waals surface area contributed by atoms with Crippen molar-refractivity contribution in [1.29, 1.82) is 0 Å². The fraction of sp³-hybridized carbons (Fsp3) is 0.368. The number of benzene rings is 1. The maximum absolute atomic E-state index is 12.5. The molecule has 0 saturated heterocycles. The molecule has 2 aromatic rings. The number of carbonyl (C=O) groups is 1. The molecule has 0 fully saturated rings. The van der Waals surface area contributed by atoms with Gasteiger partial charge in [-0.1, -0.05) is 0 Å². The fourth-order valence-corrected chi connectivity index (χ4v) is 2.37. The lowest BCUT2D eigenvalue weighted by atomic mass is 10.2. The summed E-state index contributed by atoms with van der Waals surface area (Å²) >= 11 is 0. The molecule has 1 aromatic carbocycles. The summed E-state index contributed by atoms with van der Waals surface area (Å²) in [6.45, 7) is 1.19. The molecule has 30 heavy (non-hydrogen) atoms. The molecule has 1 atom stereocenters. The van der Waals surface area contributed by atoms with Gasteiger partial charge in [-0.2, -0.15) is 26.3 Å². The van der Waals surface area contributed by atoms with Gasteiger partial charge in [0.15, 0.2) is 13.2 Å². The van der Waals surface area contributed by atoms with E-state index in [2.05, 4.69) is 15.0 Å². The molecule has 1 unspecified atom stereocenters. The monoisotopic (exact) mass is 436 g/mol. The number of aryl methyl sites for hydroxylation is 1. The number of hydrogen-bond donors (Lipinski definition) is 1. The Morgan fingerprint density at radius 3 is 2.20 bits per heavy atom. The molecule has 5 nitrogen and oxygen atoms in total. The highest BCUT2D eigenvalue weighted by Gasteiger charge is 2.30. The van der Waals surface area contributed by atoms with Crippen molar-refractivity contribution in [2.75, 3.05) is 13.2 Å². The molecule has 11 heteroatoms. The highest BCUT2D eigenvalue weighted by molar-refractivity contribution is 5.77. The molecule has 0 radical (unpaired) electrons. The zero-order valence-electron chi connectivity index (χ0n) is 15.9. The molecule has 0 aliphatic heterocycles. The van der Waals surface area contributed by atoms with Crippen LogP contribution in [0.5, 0.6) is 11.5 Å². The number of hydrogen-bond acceptors (Lipinski definition) is 4. The molecule has 0 aliphatic carbocycles. The van der Waals surface area contributed by atoms with E-state index in [0.717, 1.165) is 24.3 Å². The van der Waals surface area contributed by atoms with Gasteiger partial charge in [-0.25, -0.2) is 0 Å². The minimum Gasteiger partial charge on any atom is -0.484 e. The van der Waals surface area contributed by atoms with Crippen molar-refractivity contribution in [2.24, 2.45) is 0 Å². The number of pyridine rings is 1. The Labute approximate surface area is 168 Å². The van der Waals surface area contributed by atoms with Gasteiger partial charge in [0.25, 0.3) is 5.91 Å². The maximum Gasteiger partial charge on any atom is 0.422 e. The second kappa shape index (κ2) is 9.23. The Morgan fingerprint density at radius 2 is 1.67 bits per heavy atom. The van der Waals surface area contributed by atoms with E-state index in [0.29, 0.717) is 5.69 Å². The zero-order chi connectivity index (χ0) is 22.5. The first-order chi connectivity index (χ1) is 13.8. The number of rotatable bonds is 7. The van der Waals surface area contributed by atoms with Crippen molar-refractivity contribution in [1.82, 2.24) is 10.3 Å². The summed E-state index contributed by atoms with van der Waals surface area (Å²) < 4.78 is 84.1. The van der Waals surface area contributed by atoms with Crippen LogP contribution in [0.25, 0.3) is 0 Å². The van der Waals surface area contributed by atoms with Gasteiger partial charge in [-0.3, -0.25) is 9.78 Å². The Hall–Kier alpha value is -2.98. The summed E-state index contributed by atoms with van der Waals surface area (Å²) in [6.07, 6.45) is -8.94. The average molecular weight is 436 g/mol. The summed E-state index contributed by atoms with van der Waals surface area (Å²) in [5.41, 5.74) is -0.231. The van der Waals surface area contributed by atoms with E-state index < -0.39 is 43.1 Å². The van der Waals surface area contributed by atoms with Gasteiger partial charge in [-0.05, 0) is 50.2 Å². The lowest BCUT2D eigenvalue weighted by molar-refractivity contribution is -0.153. The maximum atomic E-state index is 12.5. The lowest BCUT2D eigenvalue weighted by Crippen LogP contribution is -2.31. The Kier molecular flexibility index (Phi) is 7.16. The lowest BCUT2D eigenvalue weighted by Gasteiger charge is -2.16. The van der Waals surface area contributed by atoms with Crippen LogP contribution < -0.4 is 14.8 Å². The molecular weight excluding hydrogens is 418 g/mol. The molecule has 1 N–H and O–H groups in total. The van der Waals surface area contributed by atoms with Crippen molar-refractivity contribution in [3.8, 4) is 11.5 Å². The minimum atomic E-state index is -4.47. The number of amides is 1. The number of aromatic nitrogens is 1. The van der Waals surface area contributed by atoms with Gasteiger partial charge in [0, 0.05) is 0 Å². The number of ether oxygens (including phenoxy) is 2. The SMILES string of the molecule is Cc1nc(C(C)NC(=O)COc2ccc(C(F)(F)F)cc2)ccc1OCC(F)(F)F. The molecule has 0 aliphatic rings. The first-order valence-electron chi connectivity index (χ1n) is 8.61. The highest BCUT2D eigenvalue weighted by Crippen LogP contribution is 2.30. The fourth-order valence-electron chi connectivity index (χ4n) is 2.37. The topological polar surface area (TPSA) is 60.5 Å². The molecular formula is C19H18F6N2O3. The third-order valence-electron chi connectivity index (χ3n) is 3.82. The van der Waals surface area contributed by atoms with Crippen molar-refractivity contribution in [3.63, 3.8) is 0 Å². The number of nitrogens with zero attached hydrogens (tertiary/aromatic N) is 1. The second-order valence-corrected chi connectivity index (χ2v) is 6.32. The zero-order valence-corrected chi connectivity index (χ0v) is 15.9. The van der Waals surface area contributed by atoms with Crippen LogP contribution in [-0.2, 0) is 11.0 Å². The van der Waals surface area contributed by atoms with E-state index in [9.17, 15) is 31.1 Å². The highest BCUT2D eigenvalue weighted by atomic mass is 19.4. The van der Waals surface area contributed by atoms with Gasteiger partial charge in [0.05, 0.1) is 23.0 Å². The van der Waals surface area contributed by atoms with Crippen LogP contribution in [0.2, 0.25) is 0 Å². The van der Waals surface area contributed by atoms with Gasteiger partial charge < -0.3 is 14.8 Å². The van der Waals surface area contributed by atoms with Crippen LogP contribution in [0, 0.1) is 6.92 Å². The number of alkyl halides is 6. The van der Waals surface area contributed by atoms with Crippen molar-refractivity contribution in [3.05, 3.63) is 53.3 Å². The largest absolute Gasteiger partial charge is 0.484 e. The summed E-state index contributed by atoms with van der Waals surface area (Å²) in [5.74, 6) is -0.495. The van der Waals surface area contributed by atoms with Crippen LogP contribution in [0.4, 0.5) is 26.3 Å². The first kappa shape index (κ1) is 23.3. The minimum absolute atomic E-state index is 0.0276. The van der Waals surface area contributed by atoms with Gasteiger partial charge in [0.2, 0.25) is 0 Å². The van der Waals surface area contributed by atoms with E-state index in [1.807, 2.05) is 0 Å². The predicted molar refractivity (Wildman–Crippen MR) is 94.0 cm³/mol. The van der Waals surface area contributed by atoms with Crippen molar-refractivity contribution >= 4 is 5.91 Å². The third kappa shape index (κ3) is 7.12. The average Bonchev–Trinajstić information content (AvgIpc) is 2.64. The van der Waals surface area contributed by atoms with E-state index in [4.69, 9.17) is 4.74 Å². The van der Waals surface area contributed by atoms with E-state index in [1.54, 1.807) is 6.92 Å². The quantitative estimate of drug-likeness (QED) is 0.645. The standard InChI is InChI=1S/C19H18F6N2O3/c1-11(15-7-8-16(12(2)26-15)30-10-18(20,21)22)27-17(28)9-29-14-5-3-13(4-6-14)19(23,24)25/h3-8,11H,9-10H2,1-2H3,(H,27,28). The Morgan fingerprint density at radius 1 is 1.03 bits per heavy atom. The van der Waals surface area contributed by atoms with E-state index in [-0.39, 0.29) is 17.2 Å². The number of halogens is 6. The molecule has 164 valence electrons. The number of nitrogens with one attached hydrogen (secondary N) is 1. The van der Waals surface area contributed by atoms with Crippen molar-refractivity contribution < 1.29 is 40.6 Å². The van der Waals surface area contributed by atoms with Crippen LogP contribution in [0.1, 0.15) is 29.9 Å². The summed E-state index contributed by atoms with van der Waals surface area (Å²) in [7, 11) is 0. The molecule has 1 amide bonds. The molecule has 0 saturated carbocycles. The molecule has 0 spiro atoms. The molecule has 1 heterocycles. The second-order valence-electron chi connectivity index (χ2n) is 6.32. The predicted octanol–water partition coefficient (Wildman–Crippen LogP) is 4.61. The summed E-state index contributed by atoms with van der Waals surface area (Å²) in [4.78, 5) is 16.1. The molecule has 1 aromatic heterocycles. The summed E-state index contributed by atoms with van der Waals surface area (Å²) in [6, 6.07) is 6.03. The first-order valence-corrected chi connectivity index (χ1v) is 8.61.